The molecule has 0 bridgehead atoms. The zero-order chi connectivity index (χ0) is 13.1. The Bertz CT molecular complexity index is 504. The first-order valence-corrected chi connectivity index (χ1v) is 6.44. The summed E-state index contributed by atoms with van der Waals surface area (Å²) in [6.45, 7) is 1.74. The maximum absolute atomic E-state index is 11.9. The quantitative estimate of drug-likeness (QED) is 0.820. The fourth-order valence-electron chi connectivity index (χ4n) is 2.41. The van der Waals surface area contributed by atoms with E-state index in [1.807, 2.05) is 60.7 Å². The van der Waals surface area contributed by atoms with Crippen LogP contribution in [0.1, 0.15) is 0 Å². The third-order valence-electron chi connectivity index (χ3n) is 3.32. The fraction of sp³-hybridized carbons (Fsp3) is 0.188. The first-order valence-electron chi connectivity index (χ1n) is 6.44. The van der Waals surface area contributed by atoms with Crippen LogP contribution in [0.5, 0.6) is 0 Å². The van der Waals surface area contributed by atoms with E-state index in [1.165, 1.54) is 0 Å². The summed E-state index contributed by atoms with van der Waals surface area (Å²) in [5.41, 5.74) is 2.19. The Kier molecular flexibility index (Phi) is 3.19. The molecule has 1 saturated heterocycles. The van der Waals surface area contributed by atoms with Gasteiger partial charge in [-0.1, -0.05) is 36.4 Å². The minimum absolute atomic E-state index is 0.249. The lowest BCUT2D eigenvalue weighted by Crippen LogP contribution is -2.50. The van der Waals surface area contributed by atoms with E-state index in [1.54, 1.807) is 0 Å². The van der Waals surface area contributed by atoms with E-state index in [0.29, 0.717) is 13.1 Å². The smallest absolute Gasteiger partial charge is 0.171 e. The standard InChI is InChI=1S/C16H16N2O/c19-16-11-17(14-7-3-1-4-8-14)13-18(12-16)15-9-5-2-6-10-15/h1-10H,11-13H2. The summed E-state index contributed by atoms with van der Waals surface area (Å²) in [7, 11) is 0. The van der Waals surface area contributed by atoms with Crippen LogP contribution < -0.4 is 9.80 Å². The van der Waals surface area contributed by atoms with Crippen LogP contribution in [-0.4, -0.2) is 25.5 Å². The Labute approximate surface area is 113 Å². The number of anilines is 2. The molecule has 0 radical (unpaired) electrons. The number of nitrogens with zero attached hydrogens (tertiary/aromatic N) is 2. The Morgan fingerprint density at radius 1 is 0.684 bits per heavy atom. The predicted molar refractivity (Wildman–Crippen MR) is 77.5 cm³/mol. The average Bonchev–Trinajstić information content (AvgIpc) is 2.48. The zero-order valence-corrected chi connectivity index (χ0v) is 10.7. The molecule has 1 heterocycles. The molecule has 3 rings (SSSR count). The van der Waals surface area contributed by atoms with Crippen molar-refractivity contribution < 1.29 is 4.79 Å². The summed E-state index contributed by atoms with van der Waals surface area (Å²) in [6, 6.07) is 20.2. The maximum Gasteiger partial charge on any atom is 0.171 e. The highest BCUT2D eigenvalue weighted by molar-refractivity contribution is 5.89. The van der Waals surface area contributed by atoms with Gasteiger partial charge >= 0.3 is 0 Å². The predicted octanol–water partition coefficient (Wildman–Crippen LogP) is 2.54. The first kappa shape index (κ1) is 11.8. The number of Topliss-reactive ketones (excluding diaryl/α,β-unsaturated/α-hetero) is 1. The average molecular weight is 252 g/mol. The summed E-state index contributed by atoms with van der Waals surface area (Å²) in [5.74, 6) is 0.249. The van der Waals surface area contributed by atoms with Gasteiger partial charge in [0, 0.05) is 11.4 Å². The van der Waals surface area contributed by atoms with E-state index in [4.69, 9.17) is 0 Å². The van der Waals surface area contributed by atoms with Gasteiger partial charge in [-0.05, 0) is 24.3 Å². The fourth-order valence-corrected chi connectivity index (χ4v) is 2.41. The van der Waals surface area contributed by atoms with Crippen molar-refractivity contribution in [2.24, 2.45) is 0 Å². The summed E-state index contributed by atoms with van der Waals surface area (Å²) < 4.78 is 0. The molecule has 2 aromatic carbocycles. The van der Waals surface area contributed by atoms with Crippen LogP contribution in [0.2, 0.25) is 0 Å². The number of benzene rings is 2. The number of carbonyl (C=O) groups excluding carboxylic acids is 1. The van der Waals surface area contributed by atoms with Crippen molar-refractivity contribution in [1.82, 2.24) is 0 Å². The van der Waals surface area contributed by atoms with Crippen molar-refractivity contribution in [1.29, 1.82) is 0 Å². The van der Waals surface area contributed by atoms with E-state index in [0.717, 1.165) is 18.0 Å². The number of carbonyl (C=O) groups is 1. The van der Waals surface area contributed by atoms with Crippen LogP contribution >= 0.6 is 0 Å². The lowest BCUT2D eigenvalue weighted by Gasteiger charge is -2.37. The highest BCUT2D eigenvalue weighted by Gasteiger charge is 2.23. The van der Waals surface area contributed by atoms with Gasteiger partial charge in [-0.2, -0.15) is 0 Å². The lowest BCUT2D eigenvalue weighted by molar-refractivity contribution is -0.117. The molecular formula is C16H16N2O. The normalized spacial score (nSPS) is 15.7. The highest BCUT2D eigenvalue weighted by Crippen LogP contribution is 2.21. The Balaban J connectivity index is 1.84. The molecular weight excluding hydrogens is 236 g/mol. The largest absolute Gasteiger partial charge is 0.346 e. The van der Waals surface area contributed by atoms with Gasteiger partial charge < -0.3 is 9.80 Å². The molecule has 1 aliphatic rings. The summed E-state index contributed by atoms with van der Waals surface area (Å²) >= 11 is 0. The van der Waals surface area contributed by atoms with E-state index < -0.39 is 0 Å². The summed E-state index contributed by atoms with van der Waals surface area (Å²) in [5, 5.41) is 0. The first-order chi connectivity index (χ1) is 9.33. The molecule has 0 aliphatic carbocycles. The van der Waals surface area contributed by atoms with Gasteiger partial charge in [-0.25, -0.2) is 0 Å². The van der Waals surface area contributed by atoms with Crippen LogP contribution in [0.4, 0.5) is 11.4 Å². The molecule has 1 fully saturated rings. The van der Waals surface area contributed by atoms with Crippen molar-refractivity contribution in [2.75, 3.05) is 29.6 Å². The molecule has 19 heavy (non-hydrogen) atoms. The van der Waals surface area contributed by atoms with Gasteiger partial charge in [0.2, 0.25) is 0 Å². The molecule has 1 aliphatic heterocycles. The monoisotopic (exact) mass is 252 g/mol. The minimum Gasteiger partial charge on any atom is -0.346 e. The van der Waals surface area contributed by atoms with Gasteiger partial charge in [-0.15, -0.1) is 0 Å². The van der Waals surface area contributed by atoms with E-state index in [2.05, 4.69) is 9.80 Å². The lowest BCUT2D eigenvalue weighted by atomic mass is 10.2. The minimum atomic E-state index is 0.249. The van der Waals surface area contributed by atoms with Crippen molar-refractivity contribution in [3.63, 3.8) is 0 Å². The summed E-state index contributed by atoms with van der Waals surface area (Å²) in [4.78, 5) is 16.2. The number of rotatable bonds is 2. The second-order valence-corrected chi connectivity index (χ2v) is 4.75. The van der Waals surface area contributed by atoms with Gasteiger partial charge in [0.1, 0.15) is 0 Å². The van der Waals surface area contributed by atoms with Crippen molar-refractivity contribution in [2.45, 2.75) is 0 Å². The molecule has 0 unspecified atom stereocenters. The zero-order valence-electron chi connectivity index (χ0n) is 10.7. The third-order valence-corrected chi connectivity index (χ3v) is 3.32. The van der Waals surface area contributed by atoms with Gasteiger partial charge in [0.05, 0.1) is 19.8 Å². The molecule has 3 heteroatoms. The van der Waals surface area contributed by atoms with Crippen LogP contribution in [0.15, 0.2) is 60.7 Å². The topological polar surface area (TPSA) is 23.6 Å². The van der Waals surface area contributed by atoms with Gasteiger partial charge in [0.25, 0.3) is 0 Å². The highest BCUT2D eigenvalue weighted by atomic mass is 16.1. The van der Waals surface area contributed by atoms with Gasteiger partial charge in [0.15, 0.2) is 5.78 Å². The number of hydrogen-bond donors (Lipinski definition) is 0. The maximum atomic E-state index is 11.9. The molecule has 0 aromatic heterocycles. The molecule has 2 aromatic rings. The van der Waals surface area contributed by atoms with Crippen LogP contribution in [0, 0.1) is 0 Å². The van der Waals surface area contributed by atoms with Crippen LogP contribution in [0.25, 0.3) is 0 Å². The van der Waals surface area contributed by atoms with E-state index in [9.17, 15) is 4.79 Å². The van der Waals surface area contributed by atoms with E-state index in [-0.39, 0.29) is 5.78 Å². The SMILES string of the molecule is O=C1CN(c2ccccc2)CN(c2ccccc2)C1. The number of ketones is 1. The molecule has 0 atom stereocenters. The molecule has 0 N–H and O–H groups in total. The molecule has 0 spiro atoms. The molecule has 0 amide bonds. The Morgan fingerprint density at radius 3 is 1.53 bits per heavy atom. The second-order valence-electron chi connectivity index (χ2n) is 4.75. The molecule has 0 saturated carbocycles. The van der Waals surface area contributed by atoms with Crippen molar-refractivity contribution in [3.05, 3.63) is 60.7 Å². The molecule has 3 nitrogen and oxygen atoms in total. The van der Waals surface area contributed by atoms with Crippen molar-refractivity contribution in [3.8, 4) is 0 Å². The molecule has 96 valence electrons. The Morgan fingerprint density at radius 2 is 1.11 bits per heavy atom. The van der Waals surface area contributed by atoms with Crippen LogP contribution in [-0.2, 0) is 4.79 Å². The van der Waals surface area contributed by atoms with E-state index >= 15 is 0 Å². The van der Waals surface area contributed by atoms with Crippen LogP contribution in [0.3, 0.4) is 0 Å². The van der Waals surface area contributed by atoms with Crippen molar-refractivity contribution >= 4 is 17.2 Å². The second kappa shape index (κ2) is 5.14. The third kappa shape index (κ3) is 2.60. The summed E-state index contributed by atoms with van der Waals surface area (Å²) in [6.07, 6.45) is 0. The van der Waals surface area contributed by atoms with Gasteiger partial charge in [-0.3, -0.25) is 4.79 Å². The number of para-hydroxylation sites is 2. The Hall–Kier alpha value is -2.29. The number of hydrogen-bond acceptors (Lipinski definition) is 3.